The minimum atomic E-state index is -1.74. The average molecular weight is 628 g/mol. The summed E-state index contributed by atoms with van der Waals surface area (Å²) in [6, 6.07) is 25.0. The molecule has 1 aliphatic rings. The Labute approximate surface area is 261 Å². The molecule has 1 saturated heterocycles. The molecule has 45 heavy (non-hydrogen) atoms. The lowest BCUT2D eigenvalue weighted by atomic mass is 9.95. The van der Waals surface area contributed by atoms with E-state index in [0.29, 0.717) is 5.56 Å². The number of fused-ring (bicyclic) bond motifs is 1. The number of aromatic nitrogens is 4. The van der Waals surface area contributed by atoms with Gasteiger partial charge in [-0.15, -0.1) is 0 Å². The van der Waals surface area contributed by atoms with E-state index < -0.39 is 41.9 Å². The minimum absolute atomic E-state index is 0.00220. The zero-order valence-corrected chi connectivity index (χ0v) is 24.5. The highest BCUT2D eigenvalue weighted by molar-refractivity contribution is 6.33. The van der Waals surface area contributed by atoms with E-state index in [4.69, 9.17) is 36.3 Å². The first-order valence-electron chi connectivity index (χ1n) is 13.8. The van der Waals surface area contributed by atoms with Gasteiger partial charge in [0, 0.05) is 0 Å². The quantitative estimate of drug-likeness (QED) is 0.145. The van der Waals surface area contributed by atoms with Crippen LogP contribution in [-0.2, 0) is 18.9 Å². The van der Waals surface area contributed by atoms with Crippen LogP contribution in [0.3, 0.4) is 0 Å². The van der Waals surface area contributed by atoms with Crippen LogP contribution < -0.4 is 5.73 Å². The van der Waals surface area contributed by atoms with Crippen LogP contribution in [0, 0.1) is 0 Å². The third-order valence-electron chi connectivity index (χ3n) is 7.30. The third kappa shape index (κ3) is 5.93. The highest BCUT2D eigenvalue weighted by Crippen LogP contribution is 2.45. The number of rotatable bonds is 8. The molecule has 13 heteroatoms. The normalized spacial score (nSPS) is 20.9. The molecule has 1 fully saturated rings. The van der Waals surface area contributed by atoms with E-state index in [1.165, 1.54) is 10.9 Å². The molecule has 0 unspecified atom stereocenters. The Balaban J connectivity index is 1.43. The number of anilines is 1. The van der Waals surface area contributed by atoms with Crippen molar-refractivity contribution in [2.45, 2.75) is 31.0 Å². The Morgan fingerprint density at radius 2 is 1.42 bits per heavy atom. The largest absolute Gasteiger partial charge is 0.459 e. The van der Waals surface area contributed by atoms with E-state index in [1.807, 2.05) is 0 Å². The van der Waals surface area contributed by atoms with Crippen molar-refractivity contribution in [1.82, 2.24) is 19.5 Å². The molecule has 0 bridgehead atoms. The van der Waals surface area contributed by atoms with Crippen LogP contribution in [-0.4, -0.2) is 61.8 Å². The maximum Gasteiger partial charge on any atom is 0.338 e. The van der Waals surface area contributed by atoms with Crippen molar-refractivity contribution < 1.29 is 33.3 Å². The van der Waals surface area contributed by atoms with Crippen molar-refractivity contribution in [3.05, 3.63) is 119 Å². The zero-order valence-electron chi connectivity index (χ0n) is 23.8. The van der Waals surface area contributed by atoms with E-state index in [0.717, 1.165) is 0 Å². The van der Waals surface area contributed by atoms with E-state index in [1.54, 1.807) is 97.9 Å². The van der Waals surface area contributed by atoms with Crippen LogP contribution in [0.5, 0.6) is 0 Å². The Morgan fingerprint density at radius 1 is 0.867 bits per heavy atom. The van der Waals surface area contributed by atoms with Gasteiger partial charge in [0.15, 0.2) is 28.7 Å². The molecule has 4 atom stereocenters. The number of hydrogen-bond acceptors (Lipinski definition) is 11. The molecule has 2 N–H and O–H groups in total. The smallest absolute Gasteiger partial charge is 0.338 e. The van der Waals surface area contributed by atoms with E-state index in [-0.39, 0.29) is 40.0 Å². The number of imidazole rings is 1. The van der Waals surface area contributed by atoms with E-state index in [2.05, 4.69) is 15.0 Å². The number of nitrogen functional groups attached to an aromatic ring is 1. The monoisotopic (exact) mass is 627 g/mol. The Kier molecular flexibility index (Phi) is 8.16. The molecule has 0 saturated carbocycles. The first-order chi connectivity index (χ1) is 21.7. The number of esters is 3. The minimum Gasteiger partial charge on any atom is -0.459 e. The second kappa shape index (κ2) is 12.3. The molecule has 0 radical (unpaired) electrons. The van der Waals surface area contributed by atoms with Gasteiger partial charge in [-0.2, -0.15) is 9.97 Å². The molecule has 2 aromatic heterocycles. The molecule has 3 aromatic carbocycles. The van der Waals surface area contributed by atoms with Gasteiger partial charge in [-0.3, -0.25) is 4.57 Å². The van der Waals surface area contributed by atoms with Crippen molar-refractivity contribution in [2.24, 2.45) is 0 Å². The van der Waals surface area contributed by atoms with Crippen LogP contribution in [0.4, 0.5) is 5.95 Å². The number of carbonyl (C=O) groups excluding carboxylic acids is 3. The van der Waals surface area contributed by atoms with Gasteiger partial charge in [0.2, 0.25) is 5.95 Å². The number of carbonyl (C=O) groups is 3. The van der Waals surface area contributed by atoms with E-state index >= 15 is 0 Å². The third-order valence-corrected chi connectivity index (χ3v) is 7.56. The maximum atomic E-state index is 13.6. The Morgan fingerprint density at radius 3 is 2.02 bits per heavy atom. The number of ether oxygens (including phenoxy) is 4. The fraction of sp³-hybridized carbons (Fsp3) is 0.188. The van der Waals surface area contributed by atoms with Gasteiger partial charge in [-0.1, -0.05) is 66.2 Å². The van der Waals surface area contributed by atoms with Gasteiger partial charge in [0.05, 0.1) is 23.0 Å². The number of nitrogens with two attached hydrogens (primary N) is 1. The van der Waals surface area contributed by atoms with Gasteiger partial charge < -0.3 is 24.7 Å². The summed E-state index contributed by atoms with van der Waals surface area (Å²) in [7, 11) is 0. The molecule has 228 valence electrons. The summed E-state index contributed by atoms with van der Waals surface area (Å²) in [6.07, 6.45) is -2.25. The molecule has 12 nitrogen and oxygen atoms in total. The SMILES string of the molecule is C[C@@]1(OC(=O)c2ccccc2)[C@H](OC(=O)c2ccccc2)[C@@H](COC(=O)c2ccccc2)O[C@H]1n1cnc2c(Cl)nc(N)nc21. The summed E-state index contributed by atoms with van der Waals surface area (Å²) >= 11 is 6.29. The fourth-order valence-electron chi connectivity index (χ4n) is 5.13. The summed E-state index contributed by atoms with van der Waals surface area (Å²) in [4.78, 5) is 52.5. The molecule has 0 spiro atoms. The predicted octanol–water partition coefficient (Wildman–Crippen LogP) is 4.66. The van der Waals surface area contributed by atoms with E-state index in [9.17, 15) is 14.4 Å². The van der Waals surface area contributed by atoms with Crippen molar-refractivity contribution in [3.63, 3.8) is 0 Å². The van der Waals surface area contributed by atoms with Gasteiger partial charge in [0.25, 0.3) is 0 Å². The molecule has 0 amide bonds. The topological polar surface area (TPSA) is 158 Å². The standard InChI is InChI=1S/C32H26ClN5O7/c1-32(45-29(41)21-15-9-4-10-16-21)24(44-28(40)20-13-7-3-8-14-20)22(17-42-27(39)19-11-5-2-6-12-19)43-30(32)38-18-35-23-25(33)36-31(34)37-26(23)38/h2-16,18,22,24,30H,17H2,1H3,(H2,34,36,37)/t22-,24-,30-,32-/m1/s1. The van der Waals surface area contributed by atoms with Crippen LogP contribution in [0.25, 0.3) is 11.2 Å². The first kappa shape index (κ1) is 29.7. The van der Waals surface area contributed by atoms with Crippen molar-refractivity contribution in [1.29, 1.82) is 0 Å². The van der Waals surface area contributed by atoms with Crippen LogP contribution in [0.1, 0.15) is 44.2 Å². The Bertz CT molecular complexity index is 1860. The molecule has 6 rings (SSSR count). The second-order valence-corrected chi connectivity index (χ2v) is 10.7. The number of hydrogen-bond donors (Lipinski definition) is 1. The summed E-state index contributed by atoms with van der Waals surface area (Å²) < 4.78 is 25.7. The van der Waals surface area contributed by atoms with Gasteiger partial charge in [-0.25, -0.2) is 19.4 Å². The lowest BCUT2D eigenvalue weighted by Gasteiger charge is -2.34. The summed E-state index contributed by atoms with van der Waals surface area (Å²) in [5.41, 5.74) is 5.35. The van der Waals surface area contributed by atoms with Crippen molar-refractivity contribution in [2.75, 3.05) is 12.3 Å². The van der Waals surface area contributed by atoms with Gasteiger partial charge >= 0.3 is 17.9 Å². The summed E-state index contributed by atoms with van der Waals surface area (Å²) in [5.74, 6) is -2.18. The average Bonchev–Trinajstić information content (AvgIpc) is 3.59. The summed E-state index contributed by atoms with van der Waals surface area (Å²) in [5, 5.41) is -0.00220. The lowest BCUT2D eigenvalue weighted by Crippen LogP contribution is -2.50. The Hall–Kier alpha value is -5.33. The van der Waals surface area contributed by atoms with Crippen molar-refractivity contribution >= 4 is 46.6 Å². The maximum absolute atomic E-state index is 13.6. The molecular weight excluding hydrogens is 602 g/mol. The fourth-order valence-corrected chi connectivity index (χ4v) is 5.35. The van der Waals surface area contributed by atoms with Gasteiger partial charge in [-0.05, 0) is 43.3 Å². The predicted molar refractivity (Wildman–Crippen MR) is 161 cm³/mol. The number of halogens is 1. The van der Waals surface area contributed by atoms with Crippen molar-refractivity contribution in [3.8, 4) is 0 Å². The number of nitrogens with zero attached hydrogens (tertiary/aromatic N) is 4. The summed E-state index contributed by atoms with van der Waals surface area (Å²) in [6.45, 7) is 1.19. The second-order valence-electron chi connectivity index (χ2n) is 10.3. The van der Waals surface area contributed by atoms with Crippen LogP contribution in [0.2, 0.25) is 5.15 Å². The lowest BCUT2D eigenvalue weighted by molar-refractivity contribution is -0.108. The van der Waals surface area contributed by atoms with Crippen LogP contribution >= 0.6 is 11.6 Å². The number of benzene rings is 3. The molecular formula is C32H26ClN5O7. The van der Waals surface area contributed by atoms with Crippen LogP contribution in [0.15, 0.2) is 97.3 Å². The van der Waals surface area contributed by atoms with Gasteiger partial charge in [0.1, 0.15) is 18.2 Å². The molecule has 5 aromatic rings. The molecule has 0 aliphatic carbocycles. The first-order valence-corrected chi connectivity index (χ1v) is 14.2. The molecule has 1 aliphatic heterocycles. The highest BCUT2D eigenvalue weighted by atomic mass is 35.5. The zero-order chi connectivity index (χ0) is 31.6. The molecule has 3 heterocycles. The highest BCUT2D eigenvalue weighted by Gasteiger charge is 2.60.